The van der Waals surface area contributed by atoms with Crippen molar-refractivity contribution in [3.63, 3.8) is 0 Å². The van der Waals surface area contributed by atoms with Crippen LogP contribution in [0.3, 0.4) is 0 Å². The molecular formula is C25H31ClN2O8. The van der Waals surface area contributed by atoms with E-state index in [0.29, 0.717) is 10.8 Å². The van der Waals surface area contributed by atoms with Crippen LogP contribution in [-0.4, -0.2) is 55.0 Å². The number of benzene rings is 1. The largest absolute Gasteiger partial charge is 0.493 e. The Morgan fingerprint density at radius 3 is 2.44 bits per heavy atom. The van der Waals surface area contributed by atoms with Gasteiger partial charge in [0.1, 0.15) is 24.0 Å². The molecule has 2 rings (SSSR count). The van der Waals surface area contributed by atoms with Crippen LogP contribution in [0.15, 0.2) is 36.5 Å². The average Bonchev–Trinajstić information content (AvgIpc) is 2.81. The molecule has 0 bridgehead atoms. The quantitative estimate of drug-likeness (QED) is 0.327. The van der Waals surface area contributed by atoms with E-state index in [4.69, 9.17) is 35.3 Å². The van der Waals surface area contributed by atoms with Gasteiger partial charge in [-0.15, -0.1) is 0 Å². The van der Waals surface area contributed by atoms with E-state index < -0.39 is 42.9 Å². The zero-order chi connectivity index (χ0) is 26.8. The lowest BCUT2D eigenvalue weighted by Crippen LogP contribution is -2.44. The van der Waals surface area contributed by atoms with Gasteiger partial charge in [-0.2, -0.15) is 0 Å². The van der Waals surface area contributed by atoms with Crippen LogP contribution in [0, 0.1) is 5.92 Å². The van der Waals surface area contributed by atoms with Crippen molar-refractivity contribution in [3.8, 4) is 17.2 Å². The maximum absolute atomic E-state index is 12.9. The number of nitrogens with one attached hydrogen (secondary N) is 1. The molecule has 1 aromatic heterocycles. The fraction of sp³-hybridized carbons (Fsp3) is 0.440. The van der Waals surface area contributed by atoms with E-state index in [1.54, 1.807) is 31.2 Å². The highest BCUT2D eigenvalue weighted by Crippen LogP contribution is 2.29. The lowest BCUT2D eigenvalue weighted by Gasteiger charge is -2.29. The van der Waals surface area contributed by atoms with E-state index in [1.807, 2.05) is 13.8 Å². The smallest absolute Gasteiger partial charge is 0.328 e. The van der Waals surface area contributed by atoms with Crippen LogP contribution in [0.5, 0.6) is 17.2 Å². The number of hydrogen-bond donors (Lipinski definition) is 1. The number of nitrogens with zero attached hydrogens (tertiary/aromatic N) is 1. The average molecular weight is 523 g/mol. The fourth-order valence-electron chi connectivity index (χ4n) is 3.21. The molecule has 10 nitrogen and oxygen atoms in total. The minimum absolute atomic E-state index is 0.00888. The second-order valence-corrected chi connectivity index (χ2v) is 8.65. The summed E-state index contributed by atoms with van der Waals surface area (Å²) < 4.78 is 27.0. The molecule has 0 radical (unpaired) electrons. The molecule has 0 aliphatic rings. The van der Waals surface area contributed by atoms with Gasteiger partial charge in [-0.05, 0) is 38.0 Å². The van der Waals surface area contributed by atoms with Crippen molar-refractivity contribution in [2.75, 3.05) is 13.9 Å². The van der Waals surface area contributed by atoms with Crippen molar-refractivity contribution >= 4 is 29.4 Å². The summed E-state index contributed by atoms with van der Waals surface area (Å²) in [6.45, 7) is 7.85. The lowest BCUT2D eigenvalue weighted by atomic mass is 10.0. The predicted molar refractivity (Wildman–Crippen MR) is 131 cm³/mol. The number of halogens is 1. The summed E-state index contributed by atoms with van der Waals surface area (Å²) in [6, 6.07) is 7.40. The Balaban J connectivity index is 2.07. The highest BCUT2D eigenvalue weighted by molar-refractivity contribution is 6.30. The topological polar surface area (TPSA) is 122 Å². The van der Waals surface area contributed by atoms with Crippen molar-refractivity contribution < 1.29 is 38.1 Å². The monoisotopic (exact) mass is 522 g/mol. The summed E-state index contributed by atoms with van der Waals surface area (Å²) in [6.07, 6.45) is 0.253. The number of methoxy groups -OCH3 is 1. The Morgan fingerprint density at radius 1 is 1.11 bits per heavy atom. The van der Waals surface area contributed by atoms with Crippen LogP contribution in [0.25, 0.3) is 0 Å². The van der Waals surface area contributed by atoms with Crippen LogP contribution in [-0.2, 0) is 19.1 Å². The van der Waals surface area contributed by atoms with Crippen LogP contribution in [0.2, 0.25) is 5.02 Å². The summed E-state index contributed by atoms with van der Waals surface area (Å²) in [4.78, 5) is 40.7. The number of carbonyl (C=O) groups excluding carboxylic acids is 3. The van der Waals surface area contributed by atoms with Crippen molar-refractivity contribution in [2.45, 2.75) is 52.9 Å². The lowest BCUT2D eigenvalue weighted by molar-refractivity contribution is -0.156. The summed E-state index contributed by atoms with van der Waals surface area (Å²) in [5.74, 6) is -1.22. The highest BCUT2D eigenvalue weighted by atomic mass is 35.5. The second kappa shape index (κ2) is 13.5. The van der Waals surface area contributed by atoms with Gasteiger partial charge in [-0.3, -0.25) is 9.59 Å². The van der Waals surface area contributed by atoms with Crippen molar-refractivity contribution in [2.24, 2.45) is 5.92 Å². The van der Waals surface area contributed by atoms with Crippen LogP contribution in [0.4, 0.5) is 0 Å². The molecule has 1 heterocycles. The molecule has 1 aromatic carbocycles. The first kappa shape index (κ1) is 28.7. The maximum atomic E-state index is 12.9. The molecule has 0 fully saturated rings. The molecule has 11 heteroatoms. The number of carbonyl (C=O) groups is 3. The normalized spacial score (nSPS) is 13.2. The number of rotatable bonds is 12. The molecule has 2 aromatic rings. The minimum Gasteiger partial charge on any atom is -0.493 e. The molecule has 196 valence electrons. The van der Waals surface area contributed by atoms with Gasteiger partial charge in [0.2, 0.25) is 6.79 Å². The molecule has 0 saturated carbocycles. The van der Waals surface area contributed by atoms with Crippen LogP contribution in [0.1, 0.15) is 45.1 Å². The third-order valence-electron chi connectivity index (χ3n) is 4.96. The fourth-order valence-corrected chi connectivity index (χ4v) is 3.39. The van der Waals surface area contributed by atoms with Gasteiger partial charge in [-0.25, -0.2) is 9.78 Å². The molecule has 0 aliphatic carbocycles. The standard InChI is InChI=1S/C25H31ClN2O8/c1-14(2)22(36-19-9-7-8-18(26)12-19)16(4)35-25(31)15(3)28-24(30)21-23(34-13-33-17(5)29)20(32-6)10-11-27-21/h7-12,14-16,22H,13H2,1-6H3,(H,28,30)/t15-,16-,22+/m0/s1. The molecule has 0 unspecified atom stereocenters. The minimum atomic E-state index is -1.02. The van der Waals surface area contributed by atoms with Gasteiger partial charge in [0.25, 0.3) is 5.91 Å². The van der Waals surface area contributed by atoms with Gasteiger partial charge in [0.15, 0.2) is 17.2 Å². The number of amides is 1. The third-order valence-corrected chi connectivity index (χ3v) is 5.20. The molecule has 0 spiro atoms. The zero-order valence-corrected chi connectivity index (χ0v) is 21.8. The van der Waals surface area contributed by atoms with Gasteiger partial charge in [0, 0.05) is 24.2 Å². The van der Waals surface area contributed by atoms with E-state index in [1.165, 1.54) is 33.2 Å². The van der Waals surface area contributed by atoms with Gasteiger partial charge < -0.3 is 29.0 Å². The van der Waals surface area contributed by atoms with E-state index in [-0.39, 0.29) is 23.1 Å². The van der Waals surface area contributed by atoms with Crippen LogP contribution >= 0.6 is 11.6 Å². The maximum Gasteiger partial charge on any atom is 0.328 e. The van der Waals surface area contributed by atoms with E-state index >= 15 is 0 Å². The SMILES string of the molecule is COc1ccnc(C(=O)N[C@@H](C)C(=O)O[C@@H](C)[C@H](Oc2cccc(Cl)c2)C(C)C)c1OCOC(C)=O. The van der Waals surface area contributed by atoms with Crippen molar-refractivity contribution in [3.05, 3.63) is 47.2 Å². The Hall–Kier alpha value is -3.53. The molecule has 36 heavy (non-hydrogen) atoms. The third kappa shape index (κ3) is 8.30. The molecule has 3 atom stereocenters. The number of ether oxygens (including phenoxy) is 5. The first-order chi connectivity index (χ1) is 17.0. The Morgan fingerprint density at radius 2 is 1.83 bits per heavy atom. The second-order valence-electron chi connectivity index (χ2n) is 8.21. The Kier molecular flexibility index (Phi) is 10.8. The highest BCUT2D eigenvalue weighted by Gasteiger charge is 2.29. The molecule has 0 saturated heterocycles. The molecular weight excluding hydrogens is 492 g/mol. The number of esters is 2. The predicted octanol–water partition coefficient (Wildman–Crippen LogP) is 3.80. The molecule has 0 aliphatic heterocycles. The first-order valence-corrected chi connectivity index (χ1v) is 11.6. The van der Waals surface area contributed by atoms with E-state index in [2.05, 4.69) is 10.3 Å². The first-order valence-electron chi connectivity index (χ1n) is 11.3. The van der Waals surface area contributed by atoms with Crippen LogP contribution < -0.4 is 19.5 Å². The summed E-state index contributed by atoms with van der Waals surface area (Å²) in [5.41, 5.74) is -0.154. The number of aromatic nitrogens is 1. The van der Waals surface area contributed by atoms with E-state index in [9.17, 15) is 14.4 Å². The molecule has 1 amide bonds. The summed E-state index contributed by atoms with van der Waals surface area (Å²) in [7, 11) is 1.38. The summed E-state index contributed by atoms with van der Waals surface area (Å²) in [5, 5.41) is 3.07. The van der Waals surface area contributed by atoms with E-state index in [0.717, 1.165) is 0 Å². The Bertz CT molecular complexity index is 1060. The van der Waals surface area contributed by atoms with Gasteiger partial charge in [0.05, 0.1) is 7.11 Å². The summed E-state index contributed by atoms with van der Waals surface area (Å²) >= 11 is 6.03. The van der Waals surface area contributed by atoms with Gasteiger partial charge in [-0.1, -0.05) is 31.5 Å². The number of pyridine rings is 1. The van der Waals surface area contributed by atoms with Crippen molar-refractivity contribution in [1.82, 2.24) is 10.3 Å². The zero-order valence-electron chi connectivity index (χ0n) is 21.1. The molecule has 1 N–H and O–H groups in total. The van der Waals surface area contributed by atoms with Crippen molar-refractivity contribution in [1.29, 1.82) is 0 Å². The van der Waals surface area contributed by atoms with Gasteiger partial charge >= 0.3 is 11.9 Å². The Labute approximate surface area is 215 Å². The number of hydrogen-bond acceptors (Lipinski definition) is 9.